The van der Waals surface area contributed by atoms with Crippen LogP contribution in [0.4, 0.5) is 4.79 Å². The van der Waals surface area contributed by atoms with Gasteiger partial charge >= 0.3 is 12.0 Å². The number of carboxylic acids is 1. The molecule has 1 fully saturated rings. The Kier molecular flexibility index (Phi) is 6.32. The SMILES string of the molecule is CSCC(C)CNC(=O)N1CCC(CC(=O)O)C1. The molecule has 2 atom stereocenters. The van der Waals surface area contributed by atoms with Crippen LogP contribution in [-0.2, 0) is 4.79 Å². The zero-order valence-corrected chi connectivity index (χ0v) is 11.8. The number of rotatable bonds is 6. The molecule has 0 aliphatic carbocycles. The first-order chi connectivity index (χ1) is 8.52. The van der Waals surface area contributed by atoms with Crippen LogP contribution in [0.25, 0.3) is 0 Å². The molecule has 0 radical (unpaired) electrons. The molecule has 18 heavy (non-hydrogen) atoms. The zero-order chi connectivity index (χ0) is 13.5. The van der Waals surface area contributed by atoms with E-state index in [0.29, 0.717) is 25.6 Å². The Morgan fingerprint density at radius 1 is 1.56 bits per heavy atom. The van der Waals surface area contributed by atoms with Gasteiger partial charge in [-0.3, -0.25) is 4.79 Å². The third-order valence-electron chi connectivity index (χ3n) is 3.09. The molecular formula is C12H22N2O3S. The van der Waals surface area contributed by atoms with Crippen molar-refractivity contribution >= 4 is 23.8 Å². The van der Waals surface area contributed by atoms with E-state index in [1.54, 1.807) is 16.7 Å². The Bertz CT molecular complexity index is 299. The first-order valence-electron chi connectivity index (χ1n) is 6.26. The van der Waals surface area contributed by atoms with Crippen molar-refractivity contribution in [2.24, 2.45) is 11.8 Å². The smallest absolute Gasteiger partial charge is 0.317 e. The monoisotopic (exact) mass is 274 g/mol. The summed E-state index contributed by atoms with van der Waals surface area (Å²) in [4.78, 5) is 24.2. The Balaban J connectivity index is 2.25. The molecule has 0 aromatic heterocycles. The van der Waals surface area contributed by atoms with Crippen LogP contribution in [0.3, 0.4) is 0 Å². The average molecular weight is 274 g/mol. The molecule has 104 valence electrons. The average Bonchev–Trinajstić information content (AvgIpc) is 2.74. The molecule has 0 spiro atoms. The third-order valence-corrected chi connectivity index (χ3v) is 3.99. The maximum atomic E-state index is 11.8. The fourth-order valence-corrected chi connectivity index (χ4v) is 2.83. The van der Waals surface area contributed by atoms with E-state index in [4.69, 9.17) is 5.11 Å². The van der Waals surface area contributed by atoms with Crippen molar-refractivity contribution in [3.63, 3.8) is 0 Å². The first-order valence-corrected chi connectivity index (χ1v) is 7.65. The number of carboxylic acid groups (broad SMARTS) is 1. The highest BCUT2D eigenvalue weighted by atomic mass is 32.2. The van der Waals surface area contributed by atoms with Gasteiger partial charge in [-0.1, -0.05) is 6.92 Å². The number of hydrogen-bond donors (Lipinski definition) is 2. The molecule has 1 aliphatic rings. The van der Waals surface area contributed by atoms with E-state index in [2.05, 4.69) is 18.5 Å². The number of amides is 2. The van der Waals surface area contributed by atoms with Crippen molar-refractivity contribution in [2.75, 3.05) is 31.6 Å². The molecule has 1 saturated heterocycles. The highest BCUT2D eigenvalue weighted by Crippen LogP contribution is 2.19. The van der Waals surface area contributed by atoms with E-state index < -0.39 is 5.97 Å². The van der Waals surface area contributed by atoms with Crippen LogP contribution < -0.4 is 5.32 Å². The van der Waals surface area contributed by atoms with Crippen molar-refractivity contribution in [3.05, 3.63) is 0 Å². The second-order valence-corrected chi connectivity index (χ2v) is 5.86. The van der Waals surface area contributed by atoms with Gasteiger partial charge in [-0.05, 0) is 30.3 Å². The summed E-state index contributed by atoms with van der Waals surface area (Å²) < 4.78 is 0. The summed E-state index contributed by atoms with van der Waals surface area (Å²) in [5, 5.41) is 11.6. The van der Waals surface area contributed by atoms with Gasteiger partial charge in [-0.15, -0.1) is 0 Å². The number of nitrogens with one attached hydrogen (secondary N) is 1. The number of urea groups is 1. The van der Waals surface area contributed by atoms with E-state index >= 15 is 0 Å². The van der Waals surface area contributed by atoms with Crippen LogP contribution in [0.5, 0.6) is 0 Å². The van der Waals surface area contributed by atoms with Crippen LogP contribution >= 0.6 is 11.8 Å². The van der Waals surface area contributed by atoms with E-state index in [9.17, 15) is 9.59 Å². The van der Waals surface area contributed by atoms with E-state index in [0.717, 1.165) is 12.2 Å². The molecule has 0 aromatic rings. The zero-order valence-electron chi connectivity index (χ0n) is 11.0. The highest BCUT2D eigenvalue weighted by Gasteiger charge is 2.27. The molecule has 5 nitrogen and oxygen atoms in total. The fraction of sp³-hybridized carbons (Fsp3) is 0.833. The number of carbonyl (C=O) groups excluding carboxylic acids is 1. The minimum Gasteiger partial charge on any atom is -0.481 e. The van der Waals surface area contributed by atoms with Gasteiger partial charge in [0, 0.05) is 26.1 Å². The van der Waals surface area contributed by atoms with E-state index in [-0.39, 0.29) is 18.4 Å². The van der Waals surface area contributed by atoms with Crippen molar-refractivity contribution in [1.82, 2.24) is 10.2 Å². The molecule has 0 saturated carbocycles. The Labute approximate surface area is 112 Å². The number of nitrogens with zero attached hydrogens (tertiary/aromatic N) is 1. The van der Waals surface area contributed by atoms with Crippen LogP contribution in [-0.4, -0.2) is 53.6 Å². The molecule has 2 amide bonds. The predicted molar refractivity (Wildman–Crippen MR) is 72.9 cm³/mol. The van der Waals surface area contributed by atoms with Gasteiger partial charge in [0.15, 0.2) is 0 Å². The molecule has 1 heterocycles. The Morgan fingerprint density at radius 3 is 2.89 bits per heavy atom. The molecule has 6 heteroatoms. The normalized spacial score (nSPS) is 20.8. The molecule has 0 aromatic carbocycles. The first kappa shape index (κ1) is 15.1. The largest absolute Gasteiger partial charge is 0.481 e. The summed E-state index contributed by atoms with van der Waals surface area (Å²) in [7, 11) is 0. The van der Waals surface area contributed by atoms with Crippen LogP contribution in [0, 0.1) is 11.8 Å². The van der Waals surface area contributed by atoms with Gasteiger partial charge in [0.1, 0.15) is 0 Å². The summed E-state index contributed by atoms with van der Waals surface area (Å²) >= 11 is 1.77. The molecule has 1 aliphatic heterocycles. The summed E-state index contributed by atoms with van der Waals surface area (Å²) in [6.45, 7) is 4.02. The summed E-state index contributed by atoms with van der Waals surface area (Å²) in [5.74, 6) is 0.816. The number of thioether (sulfide) groups is 1. The number of hydrogen-bond acceptors (Lipinski definition) is 3. The molecule has 0 bridgehead atoms. The lowest BCUT2D eigenvalue weighted by molar-refractivity contribution is -0.138. The second kappa shape index (κ2) is 7.51. The fourth-order valence-electron chi connectivity index (χ4n) is 2.15. The lowest BCUT2D eigenvalue weighted by Crippen LogP contribution is -2.40. The van der Waals surface area contributed by atoms with Crippen molar-refractivity contribution < 1.29 is 14.7 Å². The number of aliphatic carboxylic acids is 1. The van der Waals surface area contributed by atoms with Gasteiger partial charge in [-0.2, -0.15) is 11.8 Å². The summed E-state index contributed by atoms with van der Waals surface area (Å²) in [5.41, 5.74) is 0. The standard InChI is InChI=1S/C12H22N2O3S/c1-9(8-18-2)6-13-12(17)14-4-3-10(7-14)5-11(15)16/h9-10H,3-8H2,1-2H3,(H,13,17)(H,15,16). The van der Waals surface area contributed by atoms with E-state index in [1.807, 2.05) is 0 Å². The molecule has 2 N–H and O–H groups in total. The second-order valence-electron chi connectivity index (χ2n) is 4.95. The topological polar surface area (TPSA) is 69.6 Å². The summed E-state index contributed by atoms with van der Waals surface area (Å²) in [6.07, 6.45) is 3.00. The lowest BCUT2D eigenvalue weighted by atomic mass is 10.1. The maximum Gasteiger partial charge on any atom is 0.317 e. The van der Waals surface area contributed by atoms with Gasteiger partial charge in [0.2, 0.25) is 0 Å². The molecule has 2 unspecified atom stereocenters. The van der Waals surface area contributed by atoms with Gasteiger partial charge < -0.3 is 15.3 Å². The van der Waals surface area contributed by atoms with Gasteiger partial charge in [0.05, 0.1) is 0 Å². The third kappa shape index (κ3) is 5.16. The van der Waals surface area contributed by atoms with E-state index in [1.165, 1.54) is 0 Å². The van der Waals surface area contributed by atoms with Crippen LogP contribution in [0.15, 0.2) is 0 Å². The molecule has 1 rings (SSSR count). The van der Waals surface area contributed by atoms with Gasteiger partial charge in [0.25, 0.3) is 0 Å². The van der Waals surface area contributed by atoms with Crippen LogP contribution in [0.2, 0.25) is 0 Å². The Morgan fingerprint density at radius 2 is 2.28 bits per heavy atom. The number of carbonyl (C=O) groups is 2. The Hall–Kier alpha value is -0.910. The van der Waals surface area contributed by atoms with Crippen molar-refractivity contribution in [1.29, 1.82) is 0 Å². The highest BCUT2D eigenvalue weighted by molar-refractivity contribution is 7.98. The summed E-state index contributed by atoms with van der Waals surface area (Å²) in [6, 6.07) is -0.0594. The predicted octanol–water partition coefficient (Wildman–Crippen LogP) is 1.49. The van der Waals surface area contributed by atoms with Crippen molar-refractivity contribution in [3.8, 4) is 0 Å². The number of likely N-dealkylation sites (tertiary alicyclic amines) is 1. The lowest BCUT2D eigenvalue weighted by Gasteiger charge is -2.19. The minimum absolute atomic E-state index is 0.0594. The van der Waals surface area contributed by atoms with Crippen LogP contribution in [0.1, 0.15) is 19.8 Å². The minimum atomic E-state index is -0.782. The quantitative estimate of drug-likeness (QED) is 0.770. The molecular weight excluding hydrogens is 252 g/mol. The maximum absolute atomic E-state index is 11.8. The van der Waals surface area contributed by atoms with Crippen molar-refractivity contribution in [2.45, 2.75) is 19.8 Å². The van der Waals surface area contributed by atoms with Gasteiger partial charge in [-0.25, -0.2) is 4.79 Å².